The fourth-order valence-corrected chi connectivity index (χ4v) is 4.09. The second-order valence-electron chi connectivity index (χ2n) is 8.40. The molecule has 1 aliphatic heterocycles. The van der Waals surface area contributed by atoms with Crippen LogP contribution in [0.15, 0.2) is 91.0 Å². The van der Waals surface area contributed by atoms with Crippen molar-refractivity contribution in [1.82, 2.24) is 0 Å². The van der Waals surface area contributed by atoms with Gasteiger partial charge in [-0.05, 0) is 16.7 Å². The van der Waals surface area contributed by atoms with Crippen molar-refractivity contribution in [1.29, 1.82) is 0 Å². The van der Waals surface area contributed by atoms with E-state index in [0.29, 0.717) is 19.8 Å². The van der Waals surface area contributed by atoms with E-state index in [2.05, 4.69) is 0 Å². The van der Waals surface area contributed by atoms with Gasteiger partial charge in [-0.15, -0.1) is 0 Å². The topological polar surface area (TPSA) is 57.2 Å². The molecular formula is C28H32O5. The van der Waals surface area contributed by atoms with Gasteiger partial charge >= 0.3 is 0 Å². The zero-order chi connectivity index (χ0) is 22.9. The lowest BCUT2D eigenvalue weighted by atomic mass is 9.90. The van der Waals surface area contributed by atoms with Crippen LogP contribution in [-0.4, -0.2) is 36.3 Å². The SMILES string of the molecule is C[C@H]1[C@H](OCc2ccccc2)[C@@H](OCc2ccccc2)C(OCc2ccccc2)O[C@@H]1CO. The number of aliphatic hydroxyl groups is 1. The van der Waals surface area contributed by atoms with Gasteiger partial charge in [0, 0.05) is 5.92 Å². The van der Waals surface area contributed by atoms with Gasteiger partial charge in [0.15, 0.2) is 6.29 Å². The van der Waals surface area contributed by atoms with Gasteiger partial charge in [-0.25, -0.2) is 0 Å². The molecule has 1 unspecified atom stereocenters. The highest BCUT2D eigenvalue weighted by atomic mass is 16.7. The van der Waals surface area contributed by atoms with Crippen molar-refractivity contribution in [3.05, 3.63) is 108 Å². The Kier molecular flexibility index (Phi) is 8.64. The molecule has 33 heavy (non-hydrogen) atoms. The third-order valence-corrected chi connectivity index (χ3v) is 6.01. The van der Waals surface area contributed by atoms with Gasteiger partial charge < -0.3 is 24.1 Å². The van der Waals surface area contributed by atoms with Crippen LogP contribution in [0.3, 0.4) is 0 Å². The van der Waals surface area contributed by atoms with Crippen LogP contribution in [0.5, 0.6) is 0 Å². The van der Waals surface area contributed by atoms with Gasteiger partial charge in [-0.3, -0.25) is 0 Å². The summed E-state index contributed by atoms with van der Waals surface area (Å²) in [5, 5.41) is 9.98. The summed E-state index contributed by atoms with van der Waals surface area (Å²) in [6.07, 6.45) is -1.82. The van der Waals surface area contributed by atoms with Crippen LogP contribution in [-0.2, 0) is 38.8 Å². The molecule has 0 spiro atoms. The van der Waals surface area contributed by atoms with Crippen molar-refractivity contribution in [2.75, 3.05) is 6.61 Å². The molecule has 1 heterocycles. The molecule has 3 aromatic rings. The maximum Gasteiger partial charge on any atom is 0.187 e. The fourth-order valence-electron chi connectivity index (χ4n) is 4.09. The second-order valence-corrected chi connectivity index (χ2v) is 8.40. The zero-order valence-corrected chi connectivity index (χ0v) is 19.0. The Balaban J connectivity index is 1.52. The quantitative estimate of drug-likeness (QED) is 0.486. The molecule has 5 heteroatoms. The summed E-state index contributed by atoms with van der Waals surface area (Å²) in [6.45, 7) is 3.17. The van der Waals surface area contributed by atoms with E-state index in [-0.39, 0.29) is 18.6 Å². The molecule has 1 N–H and O–H groups in total. The highest BCUT2D eigenvalue weighted by molar-refractivity contribution is 5.15. The number of ether oxygens (including phenoxy) is 4. The van der Waals surface area contributed by atoms with E-state index in [0.717, 1.165) is 16.7 Å². The first-order chi connectivity index (χ1) is 16.2. The average Bonchev–Trinajstić information content (AvgIpc) is 2.88. The van der Waals surface area contributed by atoms with Crippen LogP contribution >= 0.6 is 0 Å². The number of aliphatic hydroxyl groups excluding tert-OH is 1. The summed E-state index contributed by atoms with van der Waals surface area (Å²) in [6, 6.07) is 30.1. The molecule has 5 atom stereocenters. The molecular weight excluding hydrogens is 416 g/mol. The van der Waals surface area contributed by atoms with Gasteiger partial charge in [-0.2, -0.15) is 0 Å². The lowest BCUT2D eigenvalue weighted by Crippen LogP contribution is -2.57. The van der Waals surface area contributed by atoms with Crippen molar-refractivity contribution >= 4 is 0 Å². The van der Waals surface area contributed by atoms with E-state index in [1.54, 1.807) is 0 Å². The smallest absolute Gasteiger partial charge is 0.187 e. The van der Waals surface area contributed by atoms with Crippen LogP contribution in [0.4, 0.5) is 0 Å². The first-order valence-electron chi connectivity index (χ1n) is 11.5. The van der Waals surface area contributed by atoms with Crippen LogP contribution in [0.2, 0.25) is 0 Å². The van der Waals surface area contributed by atoms with Crippen molar-refractivity contribution < 1.29 is 24.1 Å². The Morgan fingerprint density at radius 1 is 0.636 bits per heavy atom. The molecule has 0 bridgehead atoms. The normalized spacial score (nSPS) is 25.1. The highest BCUT2D eigenvalue weighted by Crippen LogP contribution is 2.32. The van der Waals surface area contributed by atoms with E-state index >= 15 is 0 Å². The Labute approximate surface area is 195 Å². The minimum Gasteiger partial charge on any atom is -0.394 e. The van der Waals surface area contributed by atoms with Crippen molar-refractivity contribution in [3.63, 3.8) is 0 Å². The van der Waals surface area contributed by atoms with Crippen LogP contribution in [0, 0.1) is 5.92 Å². The molecule has 0 saturated carbocycles. The Morgan fingerprint density at radius 3 is 1.52 bits per heavy atom. The summed E-state index contributed by atoms with van der Waals surface area (Å²) in [7, 11) is 0. The maximum absolute atomic E-state index is 9.98. The molecule has 4 rings (SSSR count). The van der Waals surface area contributed by atoms with Gasteiger partial charge in [0.25, 0.3) is 0 Å². The first-order valence-corrected chi connectivity index (χ1v) is 11.5. The Hall–Kier alpha value is -2.54. The van der Waals surface area contributed by atoms with Crippen molar-refractivity contribution in [2.45, 2.75) is 51.3 Å². The van der Waals surface area contributed by atoms with E-state index < -0.39 is 18.5 Å². The summed E-state index contributed by atoms with van der Waals surface area (Å²) in [5.74, 6) is -0.0731. The minimum absolute atomic E-state index is 0.0731. The van der Waals surface area contributed by atoms with Gasteiger partial charge in [0.2, 0.25) is 0 Å². The summed E-state index contributed by atoms with van der Waals surface area (Å²) in [4.78, 5) is 0. The van der Waals surface area contributed by atoms with Crippen LogP contribution in [0.1, 0.15) is 23.6 Å². The number of hydrogen-bond acceptors (Lipinski definition) is 5. The van der Waals surface area contributed by atoms with Crippen molar-refractivity contribution in [3.8, 4) is 0 Å². The van der Waals surface area contributed by atoms with E-state index in [9.17, 15) is 5.11 Å². The second kappa shape index (κ2) is 12.1. The summed E-state index contributed by atoms with van der Waals surface area (Å²) < 4.78 is 25.1. The zero-order valence-electron chi connectivity index (χ0n) is 19.0. The molecule has 3 aromatic carbocycles. The highest BCUT2D eigenvalue weighted by Gasteiger charge is 2.45. The predicted molar refractivity (Wildman–Crippen MR) is 126 cm³/mol. The third-order valence-electron chi connectivity index (χ3n) is 6.01. The molecule has 5 nitrogen and oxygen atoms in total. The van der Waals surface area contributed by atoms with Crippen molar-refractivity contribution in [2.24, 2.45) is 5.92 Å². The minimum atomic E-state index is -0.664. The molecule has 0 amide bonds. The molecule has 0 radical (unpaired) electrons. The predicted octanol–water partition coefficient (Wildman–Crippen LogP) is 4.73. The van der Waals surface area contributed by atoms with E-state index in [4.69, 9.17) is 18.9 Å². The largest absolute Gasteiger partial charge is 0.394 e. The third kappa shape index (κ3) is 6.50. The average molecular weight is 449 g/mol. The van der Waals surface area contributed by atoms with Gasteiger partial charge in [0.05, 0.1) is 38.6 Å². The maximum atomic E-state index is 9.98. The van der Waals surface area contributed by atoms with Crippen LogP contribution < -0.4 is 0 Å². The van der Waals surface area contributed by atoms with Crippen LogP contribution in [0.25, 0.3) is 0 Å². The van der Waals surface area contributed by atoms with Gasteiger partial charge in [-0.1, -0.05) is 97.9 Å². The molecule has 174 valence electrons. The Morgan fingerprint density at radius 2 is 1.06 bits per heavy atom. The summed E-state index contributed by atoms with van der Waals surface area (Å²) in [5.41, 5.74) is 3.20. The molecule has 1 fully saturated rings. The van der Waals surface area contributed by atoms with Gasteiger partial charge in [0.1, 0.15) is 6.10 Å². The number of benzene rings is 3. The molecule has 0 aliphatic carbocycles. The molecule has 1 saturated heterocycles. The standard InChI is InChI=1S/C28H32O5/c1-21-25(17-29)33-28(32-20-24-15-9-4-10-16-24)27(31-19-23-13-7-3-8-14-23)26(21)30-18-22-11-5-2-6-12-22/h2-16,21,25-29H,17-20H2,1H3/t21-,25-,26+,27-,28?/m1/s1. The lowest BCUT2D eigenvalue weighted by molar-refractivity contribution is -0.310. The summed E-state index contributed by atoms with van der Waals surface area (Å²) >= 11 is 0. The first kappa shape index (κ1) is 23.6. The molecule has 0 aromatic heterocycles. The number of rotatable bonds is 10. The lowest BCUT2D eigenvalue weighted by Gasteiger charge is -2.44. The monoisotopic (exact) mass is 448 g/mol. The fraction of sp³-hybridized carbons (Fsp3) is 0.357. The van der Waals surface area contributed by atoms with E-state index in [1.807, 2.05) is 97.9 Å². The Bertz CT molecular complexity index is 934. The number of hydrogen-bond donors (Lipinski definition) is 1. The van der Waals surface area contributed by atoms with E-state index in [1.165, 1.54) is 0 Å². The molecule has 1 aliphatic rings.